The lowest BCUT2D eigenvalue weighted by Crippen LogP contribution is -2.33. The Balaban J connectivity index is 1.63. The summed E-state index contributed by atoms with van der Waals surface area (Å²) in [6.07, 6.45) is -1.13. The molecule has 1 fully saturated rings. The van der Waals surface area contributed by atoms with Gasteiger partial charge in [0.1, 0.15) is 17.4 Å². The molecule has 29 heavy (non-hydrogen) atoms. The molecule has 10 heteroatoms. The minimum absolute atomic E-state index is 0.163. The van der Waals surface area contributed by atoms with E-state index in [0.717, 1.165) is 4.90 Å². The molecule has 2 amide bonds. The third kappa shape index (κ3) is 3.10. The predicted octanol–water partition coefficient (Wildman–Crippen LogP) is 1.81. The molecule has 2 heterocycles. The SMILES string of the molecule is CC(=O)Oc1ccc(N2C(=O)[C@@H]3C(c4cccc([N+](=O)[O-])c4)=NO[C@@H]3C2=O)cc1. The van der Waals surface area contributed by atoms with Crippen LogP contribution in [-0.4, -0.2) is 34.5 Å². The smallest absolute Gasteiger partial charge is 0.308 e. The Bertz CT molecular complexity index is 1080. The van der Waals surface area contributed by atoms with E-state index in [1.165, 1.54) is 49.4 Å². The average molecular weight is 395 g/mol. The van der Waals surface area contributed by atoms with Crippen LogP contribution >= 0.6 is 0 Å². The van der Waals surface area contributed by atoms with E-state index in [9.17, 15) is 24.5 Å². The number of benzene rings is 2. The van der Waals surface area contributed by atoms with Gasteiger partial charge in [-0.25, -0.2) is 4.90 Å². The van der Waals surface area contributed by atoms with Crippen LogP contribution in [0.3, 0.4) is 0 Å². The van der Waals surface area contributed by atoms with E-state index in [1.54, 1.807) is 6.07 Å². The number of hydrogen-bond acceptors (Lipinski definition) is 8. The number of fused-ring (bicyclic) bond motifs is 1. The fraction of sp³-hybridized carbons (Fsp3) is 0.158. The standard InChI is InChI=1S/C19H13N3O7/c1-10(23)28-14-7-5-12(6-8-14)21-18(24)15-16(20-29-17(15)19(21)25)11-3-2-4-13(9-11)22(26)27/h2-9,15,17H,1H3/t15-,17+/m1/s1. The highest BCUT2D eigenvalue weighted by atomic mass is 16.7. The molecule has 0 spiro atoms. The molecule has 0 bridgehead atoms. The summed E-state index contributed by atoms with van der Waals surface area (Å²) in [5.74, 6) is -2.37. The largest absolute Gasteiger partial charge is 0.427 e. The number of oxime groups is 1. The van der Waals surface area contributed by atoms with Crippen LogP contribution in [0, 0.1) is 16.0 Å². The predicted molar refractivity (Wildman–Crippen MR) is 98.2 cm³/mol. The van der Waals surface area contributed by atoms with Crippen molar-refractivity contribution >= 4 is 34.9 Å². The number of amides is 2. The van der Waals surface area contributed by atoms with Crippen LogP contribution in [0.5, 0.6) is 5.75 Å². The molecule has 0 aromatic heterocycles. The van der Waals surface area contributed by atoms with Crippen molar-refractivity contribution in [3.8, 4) is 5.75 Å². The Labute approximate surface area is 163 Å². The molecule has 0 aliphatic carbocycles. The second kappa shape index (κ2) is 6.82. The lowest BCUT2D eigenvalue weighted by Gasteiger charge is -2.15. The van der Waals surface area contributed by atoms with E-state index in [-0.39, 0.29) is 22.8 Å². The quantitative estimate of drug-likeness (QED) is 0.254. The summed E-state index contributed by atoms with van der Waals surface area (Å²) in [6.45, 7) is 1.26. The van der Waals surface area contributed by atoms with Crippen LogP contribution in [0.2, 0.25) is 0 Å². The maximum absolute atomic E-state index is 13.0. The third-order valence-electron chi connectivity index (χ3n) is 4.52. The number of anilines is 1. The molecular formula is C19H13N3O7. The molecule has 2 aliphatic heterocycles. The maximum Gasteiger partial charge on any atom is 0.308 e. The Kier molecular flexibility index (Phi) is 4.30. The fourth-order valence-electron chi connectivity index (χ4n) is 3.28. The zero-order valence-corrected chi connectivity index (χ0v) is 15.0. The van der Waals surface area contributed by atoms with Gasteiger partial charge in [0, 0.05) is 24.6 Å². The van der Waals surface area contributed by atoms with Crippen LogP contribution < -0.4 is 9.64 Å². The number of nitrogens with zero attached hydrogens (tertiary/aromatic N) is 3. The summed E-state index contributed by atoms with van der Waals surface area (Å²) < 4.78 is 4.94. The summed E-state index contributed by atoms with van der Waals surface area (Å²) in [5, 5.41) is 14.9. The van der Waals surface area contributed by atoms with Crippen molar-refractivity contribution in [2.75, 3.05) is 4.90 Å². The monoisotopic (exact) mass is 395 g/mol. The molecule has 2 aliphatic rings. The Morgan fingerprint density at radius 1 is 1.17 bits per heavy atom. The van der Waals surface area contributed by atoms with Crippen molar-refractivity contribution in [3.63, 3.8) is 0 Å². The number of nitro benzene ring substituents is 1. The van der Waals surface area contributed by atoms with Gasteiger partial charge in [0.2, 0.25) is 12.0 Å². The minimum atomic E-state index is -1.13. The molecule has 0 radical (unpaired) electrons. The molecule has 0 unspecified atom stereocenters. The normalized spacial score (nSPS) is 20.2. The summed E-state index contributed by atoms with van der Waals surface area (Å²) >= 11 is 0. The first-order chi connectivity index (χ1) is 13.9. The number of rotatable bonds is 4. The van der Waals surface area contributed by atoms with Gasteiger partial charge in [0.25, 0.3) is 11.6 Å². The number of non-ortho nitro benzene ring substituents is 1. The van der Waals surface area contributed by atoms with Gasteiger partial charge in [-0.2, -0.15) is 0 Å². The van der Waals surface area contributed by atoms with Gasteiger partial charge >= 0.3 is 5.97 Å². The van der Waals surface area contributed by atoms with E-state index >= 15 is 0 Å². The van der Waals surface area contributed by atoms with E-state index in [0.29, 0.717) is 5.56 Å². The van der Waals surface area contributed by atoms with Gasteiger partial charge < -0.3 is 9.57 Å². The van der Waals surface area contributed by atoms with Crippen molar-refractivity contribution < 1.29 is 28.9 Å². The van der Waals surface area contributed by atoms with Crippen molar-refractivity contribution in [2.24, 2.45) is 11.1 Å². The molecular weight excluding hydrogens is 382 g/mol. The van der Waals surface area contributed by atoms with Crippen LogP contribution in [0.25, 0.3) is 0 Å². The molecule has 146 valence electrons. The van der Waals surface area contributed by atoms with Crippen LogP contribution in [0.4, 0.5) is 11.4 Å². The van der Waals surface area contributed by atoms with Crippen LogP contribution in [-0.2, 0) is 19.2 Å². The van der Waals surface area contributed by atoms with Gasteiger partial charge in [-0.15, -0.1) is 0 Å². The number of nitro groups is 1. The summed E-state index contributed by atoms with van der Waals surface area (Å²) in [4.78, 5) is 53.3. The highest BCUT2D eigenvalue weighted by Gasteiger charge is 2.56. The number of esters is 1. The molecule has 0 saturated carbocycles. The van der Waals surface area contributed by atoms with Gasteiger partial charge in [0.05, 0.1) is 10.6 Å². The van der Waals surface area contributed by atoms with E-state index in [4.69, 9.17) is 9.57 Å². The van der Waals surface area contributed by atoms with Crippen molar-refractivity contribution in [3.05, 3.63) is 64.2 Å². The Morgan fingerprint density at radius 3 is 2.55 bits per heavy atom. The summed E-state index contributed by atoms with van der Waals surface area (Å²) in [5.41, 5.74) is 0.617. The highest BCUT2D eigenvalue weighted by Crippen LogP contribution is 2.36. The Hall–Kier alpha value is -4.08. The maximum atomic E-state index is 13.0. The fourth-order valence-corrected chi connectivity index (χ4v) is 3.28. The molecule has 2 atom stereocenters. The first kappa shape index (κ1) is 18.3. The highest BCUT2D eigenvalue weighted by molar-refractivity contribution is 6.32. The topological polar surface area (TPSA) is 128 Å². The zero-order valence-electron chi connectivity index (χ0n) is 15.0. The summed E-state index contributed by atoms with van der Waals surface area (Å²) in [6, 6.07) is 11.5. The second-order valence-corrected chi connectivity index (χ2v) is 6.39. The van der Waals surface area contributed by atoms with Crippen LogP contribution in [0.1, 0.15) is 12.5 Å². The van der Waals surface area contributed by atoms with Gasteiger partial charge in [-0.1, -0.05) is 17.3 Å². The molecule has 2 aromatic carbocycles. The molecule has 4 rings (SSSR count). The molecule has 10 nitrogen and oxygen atoms in total. The van der Waals surface area contributed by atoms with Crippen molar-refractivity contribution in [2.45, 2.75) is 13.0 Å². The lowest BCUT2D eigenvalue weighted by molar-refractivity contribution is -0.384. The number of imide groups is 1. The number of ether oxygens (including phenoxy) is 1. The average Bonchev–Trinajstić information content (AvgIpc) is 3.23. The Morgan fingerprint density at radius 2 is 1.90 bits per heavy atom. The zero-order chi connectivity index (χ0) is 20.7. The van der Waals surface area contributed by atoms with Gasteiger partial charge in [-0.05, 0) is 24.3 Å². The number of carbonyl (C=O) groups excluding carboxylic acids is 3. The molecule has 1 saturated heterocycles. The van der Waals surface area contributed by atoms with Crippen molar-refractivity contribution in [1.29, 1.82) is 0 Å². The van der Waals surface area contributed by atoms with Gasteiger partial charge in [-0.3, -0.25) is 24.5 Å². The van der Waals surface area contributed by atoms with Crippen molar-refractivity contribution in [1.82, 2.24) is 0 Å². The molecule has 0 N–H and O–H groups in total. The third-order valence-corrected chi connectivity index (χ3v) is 4.52. The molecule has 2 aromatic rings. The van der Waals surface area contributed by atoms with E-state index < -0.39 is 34.7 Å². The first-order valence-corrected chi connectivity index (χ1v) is 8.51. The number of carbonyl (C=O) groups is 3. The summed E-state index contributed by atoms with van der Waals surface area (Å²) in [7, 11) is 0. The second-order valence-electron chi connectivity index (χ2n) is 6.39. The minimum Gasteiger partial charge on any atom is -0.427 e. The van der Waals surface area contributed by atoms with E-state index in [1.807, 2.05) is 0 Å². The lowest BCUT2D eigenvalue weighted by atomic mass is 9.94. The van der Waals surface area contributed by atoms with Gasteiger partial charge in [0.15, 0.2) is 0 Å². The van der Waals surface area contributed by atoms with Crippen LogP contribution in [0.15, 0.2) is 53.7 Å². The van der Waals surface area contributed by atoms with E-state index in [2.05, 4.69) is 5.16 Å². The number of hydrogen-bond donors (Lipinski definition) is 0. The first-order valence-electron chi connectivity index (χ1n) is 8.51.